The van der Waals surface area contributed by atoms with Gasteiger partial charge in [0.25, 0.3) is 5.22 Å². The van der Waals surface area contributed by atoms with E-state index in [0.29, 0.717) is 29.8 Å². The van der Waals surface area contributed by atoms with Crippen molar-refractivity contribution in [2.45, 2.75) is 35.8 Å². The molecule has 1 aromatic carbocycles. The van der Waals surface area contributed by atoms with Gasteiger partial charge in [-0.1, -0.05) is 24.2 Å². The normalized spacial score (nSPS) is 15.4. The van der Waals surface area contributed by atoms with Crippen LogP contribution < -0.4 is 0 Å². The number of aromatic nitrogens is 3. The quantitative estimate of drug-likeness (QED) is 0.529. The summed E-state index contributed by atoms with van der Waals surface area (Å²) in [5, 5.41) is 8.64. The lowest BCUT2D eigenvalue weighted by atomic mass is 10.2. The lowest BCUT2D eigenvalue weighted by molar-refractivity contribution is 0.346. The lowest BCUT2D eigenvalue weighted by Gasteiger charge is -2.25. The van der Waals surface area contributed by atoms with Gasteiger partial charge in [0.1, 0.15) is 0 Å². The summed E-state index contributed by atoms with van der Waals surface area (Å²) in [6.45, 7) is 1.15. The van der Waals surface area contributed by atoms with E-state index in [-0.39, 0.29) is 4.90 Å². The molecule has 1 aliphatic heterocycles. The summed E-state index contributed by atoms with van der Waals surface area (Å²) in [6.07, 6.45) is 7.31. The number of hydrogen-bond acceptors (Lipinski definition) is 7. The van der Waals surface area contributed by atoms with Crippen molar-refractivity contribution in [2.75, 3.05) is 18.8 Å². The number of sulfonamides is 1. The molecule has 9 heteroatoms. The fourth-order valence-corrected chi connectivity index (χ4v) is 5.55. The Morgan fingerprint density at radius 2 is 1.83 bits per heavy atom. The Morgan fingerprint density at radius 3 is 2.62 bits per heavy atom. The third-order valence-electron chi connectivity index (χ3n) is 4.81. The van der Waals surface area contributed by atoms with Gasteiger partial charge in [-0.15, -0.1) is 10.2 Å². The number of thioether (sulfide) groups is 1. The van der Waals surface area contributed by atoms with Crippen LogP contribution in [0.3, 0.4) is 0 Å². The van der Waals surface area contributed by atoms with Crippen molar-refractivity contribution in [3.8, 4) is 11.5 Å². The zero-order valence-corrected chi connectivity index (χ0v) is 17.5. The first-order valence-electron chi connectivity index (χ1n) is 9.59. The minimum absolute atomic E-state index is 0.266. The van der Waals surface area contributed by atoms with Crippen LogP contribution in [0.5, 0.6) is 0 Å². The van der Waals surface area contributed by atoms with E-state index in [2.05, 4.69) is 15.2 Å². The number of nitrogens with zero attached hydrogens (tertiary/aromatic N) is 4. The molecule has 1 aliphatic rings. The molecule has 0 N–H and O–H groups in total. The van der Waals surface area contributed by atoms with Crippen molar-refractivity contribution in [1.82, 2.24) is 19.5 Å². The summed E-state index contributed by atoms with van der Waals surface area (Å²) >= 11 is 1.48. The highest BCUT2D eigenvalue weighted by Crippen LogP contribution is 2.27. The van der Waals surface area contributed by atoms with E-state index in [4.69, 9.17) is 4.42 Å². The predicted molar refractivity (Wildman–Crippen MR) is 111 cm³/mol. The maximum atomic E-state index is 12.9. The monoisotopic (exact) mass is 430 g/mol. The Labute approximate surface area is 174 Å². The molecule has 152 valence electrons. The second-order valence-electron chi connectivity index (χ2n) is 6.82. The second kappa shape index (κ2) is 9.06. The van der Waals surface area contributed by atoms with Gasteiger partial charge in [0.05, 0.1) is 4.90 Å². The van der Waals surface area contributed by atoms with Gasteiger partial charge in [-0.05, 0) is 55.2 Å². The molecule has 0 bridgehead atoms. The average Bonchev–Trinajstić information content (AvgIpc) is 3.24. The minimum Gasteiger partial charge on any atom is -0.411 e. The van der Waals surface area contributed by atoms with Crippen LogP contribution in [-0.4, -0.2) is 46.7 Å². The molecule has 2 aromatic heterocycles. The standard InChI is InChI=1S/C20H22N4O3S2/c25-29(26,24-12-2-1-3-13-24)18-6-4-5-17(15-18)19-22-23-20(27-19)28-14-9-16-7-10-21-11-8-16/h4-8,10-11,15H,1-3,9,12-14H2. The van der Waals surface area contributed by atoms with E-state index in [1.165, 1.54) is 17.3 Å². The van der Waals surface area contributed by atoms with Gasteiger partial charge in [-0.25, -0.2) is 8.42 Å². The van der Waals surface area contributed by atoms with Gasteiger partial charge >= 0.3 is 0 Å². The molecule has 3 heterocycles. The molecular formula is C20H22N4O3S2. The van der Waals surface area contributed by atoms with Crippen LogP contribution in [0.2, 0.25) is 0 Å². The fourth-order valence-electron chi connectivity index (χ4n) is 3.23. The molecule has 1 saturated heterocycles. The van der Waals surface area contributed by atoms with E-state index < -0.39 is 10.0 Å². The van der Waals surface area contributed by atoms with Crippen LogP contribution in [0.1, 0.15) is 24.8 Å². The highest BCUT2D eigenvalue weighted by molar-refractivity contribution is 7.99. The van der Waals surface area contributed by atoms with Crippen LogP contribution in [0.25, 0.3) is 11.5 Å². The van der Waals surface area contributed by atoms with E-state index in [9.17, 15) is 8.42 Å². The number of aryl methyl sites for hydroxylation is 1. The fraction of sp³-hybridized carbons (Fsp3) is 0.350. The van der Waals surface area contributed by atoms with Crippen LogP contribution in [0.15, 0.2) is 63.3 Å². The molecule has 0 aliphatic carbocycles. The molecule has 29 heavy (non-hydrogen) atoms. The molecule has 0 unspecified atom stereocenters. The third-order valence-corrected chi connectivity index (χ3v) is 7.52. The maximum absolute atomic E-state index is 12.9. The zero-order valence-electron chi connectivity index (χ0n) is 15.9. The van der Waals surface area contributed by atoms with Crippen molar-refractivity contribution in [3.05, 3.63) is 54.4 Å². The van der Waals surface area contributed by atoms with Crippen molar-refractivity contribution in [2.24, 2.45) is 0 Å². The van der Waals surface area contributed by atoms with Gasteiger partial charge in [0, 0.05) is 36.8 Å². The van der Waals surface area contributed by atoms with Gasteiger partial charge in [-0.3, -0.25) is 4.98 Å². The average molecular weight is 431 g/mol. The Hall–Kier alpha value is -2.23. The van der Waals surface area contributed by atoms with Crippen molar-refractivity contribution in [3.63, 3.8) is 0 Å². The molecule has 0 spiro atoms. The van der Waals surface area contributed by atoms with Crippen LogP contribution >= 0.6 is 11.8 Å². The van der Waals surface area contributed by atoms with Crippen molar-refractivity contribution < 1.29 is 12.8 Å². The Morgan fingerprint density at radius 1 is 1.03 bits per heavy atom. The molecule has 7 nitrogen and oxygen atoms in total. The number of pyridine rings is 1. The molecule has 0 atom stereocenters. The van der Waals surface area contributed by atoms with Gasteiger partial charge in [-0.2, -0.15) is 4.31 Å². The summed E-state index contributed by atoms with van der Waals surface area (Å²) in [4.78, 5) is 4.27. The molecule has 0 saturated carbocycles. The van der Waals surface area contributed by atoms with Crippen LogP contribution in [0, 0.1) is 0 Å². The highest BCUT2D eigenvalue weighted by Gasteiger charge is 2.26. The summed E-state index contributed by atoms with van der Waals surface area (Å²) in [5.41, 5.74) is 1.81. The van der Waals surface area contributed by atoms with E-state index in [1.807, 2.05) is 12.1 Å². The molecular weight excluding hydrogens is 408 g/mol. The van der Waals surface area contributed by atoms with E-state index in [0.717, 1.165) is 31.4 Å². The van der Waals surface area contributed by atoms with Gasteiger partial charge < -0.3 is 4.42 Å². The Kier molecular flexibility index (Phi) is 6.27. The summed E-state index contributed by atoms with van der Waals surface area (Å²) in [5.74, 6) is 1.13. The van der Waals surface area contributed by atoms with E-state index >= 15 is 0 Å². The second-order valence-corrected chi connectivity index (χ2v) is 9.80. The number of piperidine rings is 1. The Bertz CT molecular complexity index is 1050. The third kappa shape index (κ3) is 4.85. The van der Waals surface area contributed by atoms with Crippen molar-refractivity contribution >= 4 is 21.8 Å². The minimum atomic E-state index is -3.50. The lowest BCUT2D eigenvalue weighted by Crippen LogP contribution is -2.35. The topological polar surface area (TPSA) is 89.2 Å². The van der Waals surface area contributed by atoms with Crippen LogP contribution in [0.4, 0.5) is 0 Å². The highest BCUT2D eigenvalue weighted by atomic mass is 32.2. The number of rotatable bonds is 7. The SMILES string of the molecule is O=S(=O)(c1cccc(-c2nnc(SCCc3ccncc3)o2)c1)N1CCCCC1. The predicted octanol–water partition coefficient (Wildman–Crippen LogP) is 3.64. The van der Waals surface area contributed by atoms with Crippen LogP contribution in [-0.2, 0) is 16.4 Å². The first-order chi connectivity index (χ1) is 14.1. The summed E-state index contributed by atoms with van der Waals surface area (Å²) in [7, 11) is -3.50. The number of hydrogen-bond donors (Lipinski definition) is 0. The largest absolute Gasteiger partial charge is 0.411 e. The van der Waals surface area contributed by atoms with E-state index in [1.54, 1.807) is 41.0 Å². The number of benzene rings is 1. The van der Waals surface area contributed by atoms with Gasteiger partial charge in [0.2, 0.25) is 15.9 Å². The molecule has 3 aromatic rings. The molecule has 1 fully saturated rings. The first-order valence-corrected chi connectivity index (χ1v) is 12.0. The molecule has 0 amide bonds. The maximum Gasteiger partial charge on any atom is 0.276 e. The summed E-state index contributed by atoms with van der Waals surface area (Å²) < 4.78 is 33.1. The summed E-state index contributed by atoms with van der Waals surface area (Å²) in [6, 6.07) is 10.7. The Balaban J connectivity index is 1.44. The van der Waals surface area contributed by atoms with Gasteiger partial charge in [0.15, 0.2) is 0 Å². The molecule has 0 radical (unpaired) electrons. The smallest absolute Gasteiger partial charge is 0.276 e. The molecule has 4 rings (SSSR count). The first kappa shape index (κ1) is 20.1. The van der Waals surface area contributed by atoms with Crippen molar-refractivity contribution in [1.29, 1.82) is 0 Å². The zero-order chi connectivity index (χ0) is 20.1.